The standard InChI is InChI=1S/C11H10FN3O3/c1-5-7(12)8-6(4-13-5)9(10(16)17-2)15-11(14-8)18-3/h4H,1-3H3. The van der Waals surface area contributed by atoms with E-state index in [1.54, 1.807) is 0 Å². The third kappa shape index (κ3) is 1.83. The van der Waals surface area contributed by atoms with Gasteiger partial charge in [0.05, 0.1) is 25.3 Å². The van der Waals surface area contributed by atoms with Crippen molar-refractivity contribution in [1.82, 2.24) is 15.0 Å². The van der Waals surface area contributed by atoms with Crippen LogP contribution in [0.3, 0.4) is 0 Å². The lowest BCUT2D eigenvalue weighted by atomic mass is 10.2. The van der Waals surface area contributed by atoms with Crippen molar-refractivity contribution < 1.29 is 18.7 Å². The maximum absolute atomic E-state index is 13.9. The number of pyridine rings is 1. The second-order valence-corrected chi connectivity index (χ2v) is 3.47. The van der Waals surface area contributed by atoms with Crippen molar-refractivity contribution in [3.05, 3.63) is 23.4 Å². The van der Waals surface area contributed by atoms with Gasteiger partial charge in [0.1, 0.15) is 5.52 Å². The van der Waals surface area contributed by atoms with Gasteiger partial charge < -0.3 is 9.47 Å². The first-order chi connectivity index (χ1) is 8.58. The van der Waals surface area contributed by atoms with Crippen LogP contribution in [-0.2, 0) is 4.74 Å². The average molecular weight is 251 g/mol. The molecule has 0 aromatic carbocycles. The summed E-state index contributed by atoms with van der Waals surface area (Å²) in [4.78, 5) is 23.1. The zero-order chi connectivity index (χ0) is 13.3. The molecular formula is C11H10FN3O3. The Morgan fingerprint density at radius 2 is 2.06 bits per heavy atom. The summed E-state index contributed by atoms with van der Waals surface area (Å²) >= 11 is 0. The van der Waals surface area contributed by atoms with Crippen LogP contribution in [0.5, 0.6) is 6.01 Å². The first kappa shape index (κ1) is 12.2. The van der Waals surface area contributed by atoms with Crippen molar-refractivity contribution in [2.75, 3.05) is 14.2 Å². The van der Waals surface area contributed by atoms with Gasteiger partial charge in [-0.05, 0) is 6.92 Å². The quantitative estimate of drug-likeness (QED) is 0.748. The fourth-order valence-corrected chi connectivity index (χ4v) is 1.47. The number of aromatic nitrogens is 3. The van der Waals surface area contributed by atoms with Gasteiger partial charge in [-0.3, -0.25) is 4.98 Å². The summed E-state index contributed by atoms with van der Waals surface area (Å²) in [7, 11) is 2.54. The van der Waals surface area contributed by atoms with Crippen LogP contribution in [0.25, 0.3) is 10.9 Å². The summed E-state index contributed by atoms with van der Waals surface area (Å²) < 4.78 is 23.3. The molecule has 18 heavy (non-hydrogen) atoms. The second kappa shape index (κ2) is 4.52. The highest BCUT2D eigenvalue weighted by Crippen LogP contribution is 2.22. The van der Waals surface area contributed by atoms with Crippen molar-refractivity contribution in [3.8, 4) is 6.01 Å². The molecule has 2 aromatic heterocycles. The number of esters is 1. The molecule has 0 aliphatic heterocycles. The number of fused-ring (bicyclic) bond motifs is 1. The van der Waals surface area contributed by atoms with E-state index in [0.29, 0.717) is 0 Å². The van der Waals surface area contributed by atoms with E-state index in [0.717, 1.165) is 0 Å². The minimum absolute atomic E-state index is 0.0187. The van der Waals surface area contributed by atoms with E-state index in [2.05, 4.69) is 19.7 Å². The van der Waals surface area contributed by atoms with Crippen LogP contribution in [0.4, 0.5) is 4.39 Å². The van der Waals surface area contributed by atoms with E-state index >= 15 is 0 Å². The lowest BCUT2D eigenvalue weighted by Gasteiger charge is -2.07. The van der Waals surface area contributed by atoms with Gasteiger partial charge in [0.15, 0.2) is 11.5 Å². The first-order valence-electron chi connectivity index (χ1n) is 5.03. The number of hydrogen-bond donors (Lipinski definition) is 0. The number of nitrogens with zero attached hydrogens (tertiary/aromatic N) is 3. The predicted molar refractivity (Wildman–Crippen MR) is 59.9 cm³/mol. The van der Waals surface area contributed by atoms with Crippen LogP contribution in [0.1, 0.15) is 16.2 Å². The molecule has 94 valence electrons. The number of carbonyl (C=O) groups is 1. The van der Waals surface area contributed by atoms with Crippen molar-refractivity contribution in [3.63, 3.8) is 0 Å². The number of halogens is 1. The Kier molecular flexibility index (Phi) is 3.05. The van der Waals surface area contributed by atoms with Crippen LogP contribution in [0, 0.1) is 12.7 Å². The van der Waals surface area contributed by atoms with Gasteiger partial charge in [0, 0.05) is 6.20 Å². The molecule has 0 aliphatic carbocycles. The number of ether oxygens (including phenoxy) is 2. The molecule has 0 unspecified atom stereocenters. The van der Waals surface area contributed by atoms with Gasteiger partial charge in [-0.1, -0.05) is 0 Å². The van der Waals surface area contributed by atoms with Crippen molar-refractivity contribution in [2.45, 2.75) is 6.92 Å². The SMILES string of the molecule is COC(=O)c1nc(OC)nc2c(F)c(C)ncc12. The molecule has 0 spiro atoms. The Balaban J connectivity index is 2.84. The summed E-state index contributed by atoms with van der Waals surface area (Å²) in [6.07, 6.45) is 1.33. The fraction of sp³-hybridized carbons (Fsp3) is 0.273. The largest absolute Gasteiger partial charge is 0.467 e. The lowest BCUT2D eigenvalue weighted by Crippen LogP contribution is -2.09. The molecule has 0 saturated heterocycles. The molecule has 0 N–H and O–H groups in total. The molecular weight excluding hydrogens is 241 g/mol. The molecule has 0 bridgehead atoms. The Hall–Kier alpha value is -2.31. The molecule has 0 aliphatic rings. The zero-order valence-electron chi connectivity index (χ0n) is 10.0. The summed E-state index contributed by atoms with van der Waals surface area (Å²) in [5.74, 6) is -1.32. The van der Waals surface area contributed by atoms with E-state index in [1.165, 1.54) is 27.3 Å². The first-order valence-corrected chi connectivity index (χ1v) is 5.03. The second-order valence-electron chi connectivity index (χ2n) is 3.47. The minimum atomic E-state index is -0.703. The average Bonchev–Trinajstić information content (AvgIpc) is 2.41. The Bertz CT molecular complexity index is 630. The van der Waals surface area contributed by atoms with E-state index in [9.17, 15) is 9.18 Å². The molecule has 0 atom stereocenters. The van der Waals surface area contributed by atoms with Gasteiger partial charge in [0.2, 0.25) is 0 Å². The number of methoxy groups -OCH3 is 2. The minimum Gasteiger partial charge on any atom is -0.467 e. The zero-order valence-corrected chi connectivity index (χ0v) is 10.0. The van der Waals surface area contributed by atoms with E-state index in [4.69, 9.17) is 4.74 Å². The van der Waals surface area contributed by atoms with E-state index < -0.39 is 11.8 Å². The molecule has 0 radical (unpaired) electrons. The summed E-state index contributed by atoms with van der Waals surface area (Å²) in [5, 5.41) is 0.186. The summed E-state index contributed by atoms with van der Waals surface area (Å²) in [5.41, 5.74) is 0.0829. The Morgan fingerprint density at radius 1 is 1.33 bits per heavy atom. The van der Waals surface area contributed by atoms with Gasteiger partial charge in [-0.25, -0.2) is 9.18 Å². The lowest BCUT2D eigenvalue weighted by molar-refractivity contribution is 0.0595. The summed E-state index contributed by atoms with van der Waals surface area (Å²) in [6, 6.07) is -0.104. The normalized spacial score (nSPS) is 10.4. The highest BCUT2D eigenvalue weighted by Gasteiger charge is 2.19. The highest BCUT2D eigenvalue weighted by atomic mass is 19.1. The van der Waals surface area contributed by atoms with Crippen molar-refractivity contribution >= 4 is 16.9 Å². The molecule has 2 aromatic rings. The van der Waals surface area contributed by atoms with Gasteiger partial charge in [-0.15, -0.1) is 0 Å². The number of hydrogen-bond acceptors (Lipinski definition) is 6. The van der Waals surface area contributed by atoms with Crippen LogP contribution in [-0.4, -0.2) is 35.1 Å². The third-order valence-electron chi connectivity index (χ3n) is 2.40. The third-order valence-corrected chi connectivity index (χ3v) is 2.40. The molecule has 2 heterocycles. The van der Waals surface area contributed by atoms with Gasteiger partial charge >= 0.3 is 12.0 Å². The molecule has 6 nitrogen and oxygen atoms in total. The van der Waals surface area contributed by atoms with Gasteiger partial charge in [0.25, 0.3) is 0 Å². The monoisotopic (exact) mass is 251 g/mol. The number of carbonyl (C=O) groups excluding carboxylic acids is 1. The molecule has 0 fully saturated rings. The Labute approximate surface area is 102 Å². The maximum atomic E-state index is 13.9. The topological polar surface area (TPSA) is 74.2 Å². The van der Waals surface area contributed by atoms with Crippen LogP contribution in [0.15, 0.2) is 6.20 Å². The van der Waals surface area contributed by atoms with Crippen LogP contribution in [0.2, 0.25) is 0 Å². The van der Waals surface area contributed by atoms with E-state index in [-0.39, 0.29) is 28.3 Å². The van der Waals surface area contributed by atoms with Crippen molar-refractivity contribution in [2.24, 2.45) is 0 Å². The number of aryl methyl sites for hydroxylation is 1. The van der Waals surface area contributed by atoms with E-state index in [1.807, 2.05) is 0 Å². The predicted octanol–water partition coefficient (Wildman–Crippen LogP) is 1.27. The highest BCUT2D eigenvalue weighted by molar-refractivity contribution is 6.01. The molecule has 2 rings (SSSR count). The van der Waals surface area contributed by atoms with Crippen molar-refractivity contribution in [1.29, 1.82) is 0 Å². The van der Waals surface area contributed by atoms with Crippen LogP contribution < -0.4 is 4.74 Å². The summed E-state index contributed by atoms with van der Waals surface area (Å²) in [6.45, 7) is 1.50. The molecule has 0 amide bonds. The maximum Gasteiger partial charge on any atom is 0.357 e. The fourth-order valence-electron chi connectivity index (χ4n) is 1.47. The van der Waals surface area contributed by atoms with Gasteiger partial charge in [-0.2, -0.15) is 9.97 Å². The molecule has 7 heteroatoms. The Morgan fingerprint density at radius 3 is 2.67 bits per heavy atom. The van der Waals surface area contributed by atoms with Crippen LogP contribution >= 0.6 is 0 Å². The number of rotatable bonds is 2. The molecule has 0 saturated carbocycles. The smallest absolute Gasteiger partial charge is 0.357 e.